The lowest BCUT2D eigenvalue weighted by molar-refractivity contribution is -0.214. The Balaban J connectivity index is 1.60. The number of aliphatic hydroxyl groups is 1. The Labute approximate surface area is 192 Å². The van der Waals surface area contributed by atoms with Crippen molar-refractivity contribution in [3.63, 3.8) is 0 Å². The Hall–Kier alpha value is -0.300. The minimum atomic E-state index is -0.102. The van der Waals surface area contributed by atoms with E-state index >= 15 is 0 Å². The summed E-state index contributed by atoms with van der Waals surface area (Å²) in [6.07, 6.45) is 17.3. The Morgan fingerprint density at radius 3 is 2.10 bits per heavy atom. The molecule has 0 radical (unpaired) electrons. The predicted octanol–water partition coefficient (Wildman–Crippen LogP) is 8.02. The van der Waals surface area contributed by atoms with Crippen molar-refractivity contribution in [3.8, 4) is 0 Å². The van der Waals surface area contributed by atoms with Gasteiger partial charge in [0.25, 0.3) is 0 Å². The highest BCUT2D eigenvalue weighted by molar-refractivity contribution is 5.28. The minimum Gasteiger partial charge on any atom is -0.393 e. The van der Waals surface area contributed by atoms with Gasteiger partial charge >= 0.3 is 0 Å². The molecule has 1 nitrogen and oxygen atoms in total. The SMILES string of the molecule is C[C@H]1[C@@H](O)CC[C@H]2[C@]3(C)C=C[C@@]4(C)[C@@H]5CC(C)(C)CC[C@]5(C)CC[C@]4(C)[C@H]3CC[C@]12C. The van der Waals surface area contributed by atoms with Gasteiger partial charge in [0.1, 0.15) is 0 Å². The molecule has 0 spiro atoms. The molecule has 5 rings (SSSR count). The van der Waals surface area contributed by atoms with Crippen LogP contribution in [0.15, 0.2) is 12.2 Å². The first-order chi connectivity index (χ1) is 14.2. The second-order valence-corrected chi connectivity index (χ2v) is 15.1. The second-order valence-electron chi connectivity index (χ2n) is 15.1. The summed E-state index contributed by atoms with van der Waals surface area (Å²) in [7, 11) is 0. The third kappa shape index (κ3) is 2.71. The van der Waals surface area contributed by atoms with E-state index in [0.717, 1.165) is 18.3 Å². The zero-order valence-corrected chi connectivity index (χ0v) is 21.9. The van der Waals surface area contributed by atoms with Crippen LogP contribution in [0.2, 0.25) is 0 Å². The zero-order valence-electron chi connectivity index (χ0n) is 21.9. The van der Waals surface area contributed by atoms with Gasteiger partial charge in [0, 0.05) is 0 Å². The van der Waals surface area contributed by atoms with Crippen LogP contribution in [0.1, 0.15) is 113 Å². The van der Waals surface area contributed by atoms with Gasteiger partial charge in [-0.3, -0.25) is 0 Å². The lowest BCUT2D eigenvalue weighted by Gasteiger charge is -2.73. The fourth-order valence-corrected chi connectivity index (χ4v) is 10.7. The lowest BCUT2D eigenvalue weighted by Crippen LogP contribution is -2.66. The smallest absolute Gasteiger partial charge is 0.0571 e. The van der Waals surface area contributed by atoms with E-state index in [4.69, 9.17) is 0 Å². The van der Waals surface area contributed by atoms with E-state index < -0.39 is 0 Å². The van der Waals surface area contributed by atoms with Crippen LogP contribution >= 0.6 is 0 Å². The molecule has 1 N–H and O–H groups in total. The van der Waals surface area contributed by atoms with Crippen molar-refractivity contribution < 1.29 is 5.11 Å². The summed E-state index contributed by atoms with van der Waals surface area (Å²) in [5, 5.41) is 10.7. The van der Waals surface area contributed by atoms with E-state index in [2.05, 4.69) is 67.5 Å². The molecule has 0 bridgehead atoms. The van der Waals surface area contributed by atoms with Crippen LogP contribution in [-0.2, 0) is 0 Å². The molecule has 0 aromatic rings. The van der Waals surface area contributed by atoms with E-state index in [-0.39, 0.29) is 16.9 Å². The van der Waals surface area contributed by atoms with Gasteiger partial charge in [-0.1, -0.05) is 67.5 Å². The number of aliphatic hydroxyl groups excluding tert-OH is 1. The van der Waals surface area contributed by atoms with E-state index in [1.807, 2.05) is 0 Å². The average molecular weight is 427 g/mol. The number of fused-ring (bicyclic) bond motifs is 7. The zero-order chi connectivity index (χ0) is 22.7. The highest BCUT2D eigenvalue weighted by atomic mass is 16.3. The Morgan fingerprint density at radius 2 is 1.39 bits per heavy atom. The maximum atomic E-state index is 10.7. The molecule has 5 aliphatic rings. The number of hydrogen-bond donors (Lipinski definition) is 1. The number of allylic oxidation sites excluding steroid dienone is 2. The average Bonchev–Trinajstić information content (AvgIpc) is 2.69. The third-order valence-corrected chi connectivity index (χ3v) is 13.3. The summed E-state index contributed by atoms with van der Waals surface area (Å²) in [4.78, 5) is 0. The molecule has 0 amide bonds. The normalized spacial score (nSPS) is 60.4. The molecule has 0 aromatic carbocycles. The van der Waals surface area contributed by atoms with Gasteiger partial charge in [0.05, 0.1) is 6.10 Å². The standard InChI is InChI=1S/C30H50O/c1-20-21(31)9-10-22-27(20,5)12-11-23-28(22,6)16-18-30(8)24-19-25(2,3)13-14-26(24,4)15-17-29(23,30)7/h16,18,20-24,31H,9-15,17,19H2,1-8H3/t20-,21-,22+,23-,24+,26+,27+,28-,29+,30-/m0/s1. The molecule has 4 saturated carbocycles. The lowest BCUT2D eigenvalue weighted by atomic mass is 9.32. The van der Waals surface area contributed by atoms with Gasteiger partial charge in [0.2, 0.25) is 0 Å². The van der Waals surface area contributed by atoms with Gasteiger partial charge in [-0.25, -0.2) is 0 Å². The summed E-state index contributed by atoms with van der Waals surface area (Å²) in [6.45, 7) is 20.6. The quantitative estimate of drug-likeness (QED) is 0.389. The van der Waals surface area contributed by atoms with Crippen molar-refractivity contribution in [1.29, 1.82) is 0 Å². The molecule has 176 valence electrons. The molecule has 10 atom stereocenters. The van der Waals surface area contributed by atoms with Crippen LogP contribution in [0.5, 0.6) is 0 Å². The van der Waals surface area contributed by atoms with Gasteiger partial charge in [0.15, 0.2) is 0 Å². The first kappa shape index (κ1) is 22.5. The van der Waals surface area contributed by atoms with Crippen molar-refractivity contribution >= 4 is 0 Å². The van der Waals surface area contributed by atoms with Crippen LogP contribution in [-0.4, -0.2) is 11.2 Å². The number of hydrogen-bond acceptors (Lipinski definition) is 1. The molecular weight excluding hydrogens is 376 g/mol. The Morgan fingerprint density at radius 1 is 0.710 bits per heavy atom. The van der Waals surface area contributed by atoms with Crippen LogP contribution in [0, 0.1) is 56.2 Å². The predicted molar refractivity (Wildman–Crippen MR) is 131 cm³/mol. The summed E-state index contributed by atoms with van der Waals surface area (Å²) in [5.74, 6) is 2.73. The van der Waals surface area contributed by atoms with E-state index in [0.29, 0.717) is 33.5 Å². The van der Waals surface area contributed by atoms with E-state index in [1.54, 1.807) is 0 Å². The molecular formula is C30H50O. The van der Waals surface area contributed by atoms with Crippen molar-refractivity contribution in [3.05, 3.63) is 12.2 Å². The Kier molecular flexibility index (Phi) is 4.66. The maximum Gasteiger partial charge on any atom is 0.0571 e. The van der Waals surface area contributed by atoms with Crippen LogP contribution < -0.4 is 0 Å². The van der Waals surface area contributed by atoms with Gasteiger partial charge in [-0.05, 0) is 114 Å². The summed E-state index contributed by atoms with van der Waals surface area (Å²) in [5.41, 5.74) is 2.29. The summed E-state index contributed by atoms with van der Waals surface area (Å²) >= 11 is 0. The summed E-state index contributed by atoms with van der Waals surface area (Å²) in [6, 6.07) is 0. The van der Waals surface area contributed by atoms with Crippen LogP contribution in [0.3, 0.4) is 0 Å². The topological polar surface area (TPSA) is 20.2 Å². The first-order valence-corrected chi connectivity index (χ1v) is 13.6. The van der Waals surface area contributed by atoms with Crippen LogP contribution in [0.4, 0.5) is 0 Å². The fourth-order valence-electron chi connectivity index (χ4n) is 10.7. The van der Waals surface area contributed by atoms with E-state index in [9.17, 15) is 5.11 Å². The monoisotopic (exact) mass is 426 g/mol. The molecule has 0 aromatic heterocycles. The highest BCUT2D eigenvalue weighted by Crippen LogP contribution is 2.76. The largest absolute Gasteiger partial charge is 0.393 e. The molecule has 31 heavy (non-hydrogen) atoms. The fraction of sp³-hybridized carbons (Fsp3) is 0.933. The van der Waals surface area contributed by atoms with Gasteiger partial charge in [-0.2, -0.15) is 0 Å². The molecule has 0 heterocycles. The van der Waals surface area contributed by atoms with Crippen molar-refractivity contribution in [2.75, 3.05) is 0 Å². The van der Waals surface area contributed by atoms with Gasteiger partial charge < -0.3 is 5.11 Å². The molecule has 4 fully saturated rings. The van der Waals surface area contributed by atoms with E-state index in [1.165, 1.54) is 51.4 Å². The van der Waals surface area contributed by atoms with Crippen molar-refractivity contribution in [2.45, 2.75) is 119 Å². The minimum absolute atomic E-state index is 0.102. The maximum absolute atomic E-state index is 10.7. The van der Waals surface area contributed by atoms with Crippen molar-refractivity contribution in [2.24, 2.45) is 56.2 Å². The first-order valence-electron chi connectivity index (χ1n) is 13.6. The summed E-state index contributed by atoms with van der Waals surface area (Å²) < 4.78 is 0. The second kappa shape index (κ2) is 6.43. The van der Waals surface area contributed by atoms with Crippen LogP contribution in [0.25, 0.3) is 0 Å². The van der Waals surface area contributed by atoms with Gasteiger partial charge in [-0.15, -0.1) is 0 Å². The Bertz CT molecular complexity index is 781. The molecule has 1 heteroatoms. The third-order valence-electron chi connectivity index (χ3n) is 13.3. The van der Waals surface area contributed by atoms with Crippen molar-refractivity contribution in [1.82, 2.24) is 0 Å². The molecule has 0 unspecified atom stereocenters. The molecule has 0 aliphatic heterocycles. The molecule has 5 aliphatic carbocycles. The molecule has 0 saturated heterocycles. The number of rotatable bonds is 0. The highest BCUT2D eigenvalue weighted by Gasteiger charge is 2.69.